The lowest BCUT2D eigenvalue weighted by Gasteiger charge is -2.37. The van der Waals surface area contributed by atoms with Crippen molar-refractivity contribution in [2.45, 2.75) is 20.8 Å². The smallest absolute Gasteiger partial charge is 0.0554 e. The highest BCUT2D eigenvalue weighted by molar-refractivity contribution is 4.81. The molecule has 0 radical (unpaired) electrons. The summed E-state index contributed by atoms with van der Waals surface area (Å²) >= 11 is 0. The van der Waals surface area contributed by atoms with Crippen molar-refractivity contribution in [3.63, 3.8) is 0 Å². The largest absolute Gasteiger partial charge is 0.380 e. The molecule has 1 rings (SSSR count). The number of rotatable bonds is 2. The fourth-order valence-electron chi connectivity index (χ4n) is 0.979. The van der Waals surface area contributed by atoms with E-state index in [0.29, 0.717) is 5.41 Å². The van der Waals surface area contributed by atoms with Crippen molar-refractivity contribution in [1.82, 2.24) is 5.32 Å². The highest BCUT2D eigenvalue weighted by atomic mass is 16.5. The average molecular weight is 145 g/mol. The van der Waals surface area contributed by atoms with E-state index in [9.17, 15) is 0 Å². The Hall–Kier alpha value is -0.0800. The minimum absolute atomic E-state index is 0.439. The zero-order chi connectivity index (χ0) is 8.04. The minimum Gasteiger partial charge on any atom is -0.380 e. The van der Waals surface area contributed by atoms with E-state index in [0.717, 1.165) is 19.8 Å². The molecule has 10 heavy (non-hydrogen) atoms. The first-order valence-corrected chi connectivity index (χ1v) is 3.99. The number of hydrogen-bond acceptors (Lipinski definition) is 2. The van der Waals surface area contributed by atoms with E-state index in [-0.39, 0.29) is 0 Å². The second-order valence-electron chi connectivity index (χ2n) is 2.83. The van der Waals surface area contributed by atoms with Gasteiger partial charge in [-0.05, 0) is 7.05 Å². The van der Waals surface area contributed by atoms with Gasteiger partial charge in [-0.1, -0.05) is 20.8 Å². The van der Waals surface area contributed by atoms with Crippen LogP contribution in [0.3, 0.4) is 0 Å². The van der Waals surface area contributed by atoms with Crippen LogP contribution in [-0.4, -0.2) is 26.8 Å². The van der Waals surface area contributed by atoms with Gasteiger partial charge in [-0.15, -0.1) is 0 Å². The maximum Gasteiger partial charge on any atom is 0.0554 e. The van der Waals surface area contributed by atoms with Crippen LogP contribution in [0.2, 0.25) is 0 Å². The predicted molar refractivity (Wildman–Crippen MR) is 44.2 cm³/mol. The number of nitrogens with one attached hydrogen (secondary N) is 1. The molecule has 62 valence electrons. The second-order valence-corrected chi connectivity index (χ2v) is 2.83. The minimum atomic E-state index is 0.439. The molecular formula is C8H19NO. The SMILES string of the molecule is CC.CNCC1(C)COC1. The molecule has 0 aromatic rings. The molecule has 0 spiro atoms. The zero-order valence-electron chi connectivity index (χ0n) is 7.53. The molecule has 1 N–H and O–H groups in total. The van der Waals surface area contributed by atoms with E-state index in [1.165, 1.54) is 0 Å². The topological polar surface area (TPSA) is 21.3 Å². The molecule has 0 amide bonds. The number of ether oxygens (including phenoxy) is 1. The lowest BCUT2D eigenvalue weighted by atomic mass is 9.89. The Bertz CT molecular complexity index is 79.3. The van der Waals surface area contributed by atoms with Crippen molar-refractivity contribution in [3.05, 3.63) is 0 Å². The molecule has 0 atom stereocenters. The molecule has 2 heteroatoms. The van der Waals surface area contributed by atoms with Crippen LogP contribution in [0, 0.1) is 5.41 Å². The molecule has 0 bridgehead atoms. The number of hydrogen-bond donors (Lipinski definition) is 1. The summed E-state index contributed by atoms with van der Waals surface area (Å²) in [6, 6.07) is 0. The summed E-state index contributed by atoms with van der Waals surface area (Å²) in [5, 5.41) is 3.13. The molecule has 0 aliphatic carbocycles. The van der Waals surface area contributed by atoms with E-state index >= 15 is 0 Å². The van der Waals surface area contributed by atoms with E-state index in [1.54, 1.807) is 0 Å². The van der Waals surface area contributed by atoms with Gasteiger partial charge < -0.3 is 10.1 Å². The summed E-state index contributed by atoms with van der Waals surface area (Å²) in [5.41, 5.74) is 0.439. The van der Waals surface area contributed by atoms with Gasteiger partial charge in [0, 0.05) is 12.0 Å². The van der Waals surface area contributed by atoms with Crippen molar-refractivity contribution in [2.75, 3.05) is 26.8 Å². The van der Waals surface area contributed by atoms with Crippen molar-refractivity contribution in [3.8, 4) is 0 Å². The predicted octanol–water partition coefficient (Wildman–Crippen LogP) is 1.27. The van der Waals surface area contributed by atoms with Gasteiger partial charge in [-0.2, -0.15) is 0 Å². The van der Waals surface area contributed by atoms with Crippen LogP contribution in [0.1, 0.15) is 20.8 Å². The summed E-state index contributed by atoms with van der Waals surface area (Å²) in [6.45, 7) is 9.15. The lowest BCUT2D eigenvalue weighted by Crippen LogP contribution is -2.46. The van der Waals surface area contributed by atoms with Crippen LogP contribution < -0.4 is 5.32 Å². The fourth-order valence-corrected chi connectivity index (χ4v) is 0.979. The Balaban J connectivity index is 0.000000371. The third-order valence-electron chi connectivity index (χ3n) is 1.50. The summed E-state index contributed by atoms with van der Waals surface area (Å²) < 4.78 is 5.05. The third-order valence-corrected chi connectivity index (χ3v) is 1.50. The van der Waals surface area contributed by atoms with E-state index in [1.807, 2.05) is 20.9 Å². The summed E-state index contributed by atoms with van der Waals surface area (Å²) in [6.07, 6.45) is 0. The molecule has 0 unspecified atom stereocenters. The first-order chi connectivity index (χ1) is 4.77. The molecule has 1 aliphatic rings. The van der Waals surface area contributed by atoms with Crippen LogP contribution in [0.5, 0.6) is 0 Å². The van der Waals surface area contributed by atoms with Gasteiger partial charge in [-0.25, -0.2) is 0 Å². The Morgan fingerprint density at radius 3 is 2.00 bits per heavy atom. The Kier molecular flexibility index (Phi) is 4.65. The highest BCUT2D eigenvalue weighted by Gasteiger charge is 2.31. The lowest BCUT2D eigenvalue weighted by molar-refractivity contribution is -0.0982. The van der Waals surface area contributed by atoms with Crippen LogP contribution in [0.15, 0.2) is 0 Å². The molecule has 1 fully saturated rings. The Morgan fingerprint density at radius 2 is 1.90 bits per heavy atom. The van der Waals surface area contributed by atoms with Gasteiger partial charge in [0.25, 0.3) is 0 Å². The maximum absolute atomic E-state index is 5.05. The molecule has 1 heterocycles. The van der Waals surface area contributed by atoms with Crippen LogP contribution >= 0.6 is 0 Å². The van der Waals surface area contributed by atoms with Crippen LogP contribution in [0.25, 0.3) is 0 Å². The van der Waals surface area contributed by atoms with Gasteiger partial charge in [0.15, 0.2) is 0 Å². The molecule has 1 aliphatic heterocycles. The monoisotopic (exact) mass is 145 g/mol. The Labute approximate surface area is 64.0 Å². The standard InChI is InChI=1S/C6H13NO.C2H6/c1-6(3-7-2)4-8-5-6;1-2/h7H,3-5H2,1-2H3;1-2H3. The van der Waals surface area contributed by atoms with Crippen molar-refractivity contribution in [2.24, 2.45) is 5.41 Å². The van der Waals surface area contributed by atoms with Crippen LogP contribution in [0.4, 0.5) is 0 Å². The Morgan fingerprint density at radius 1 is 1.40 bits per heavy atom. The normalized spacial score (nSPS) is 20.4. The average Bonchev–Trinajstić information content (AvgIpc) is 1.90. The van der Waals surface area contributed by atoms with Crippen molar-refractivity contribution in [1.29, 1.82) is 0 Å². The highest BCUT2D eigenvalue weighted by Crippen LogP contribution is 2.24. The quantitative estimate of drug-likeness (QED) is 0.632. The van der Waals surface area contributed by atoms with Gasteiger partial charge in [-0.3, -0.25) is 0 Å². The zero-order valence-corrected chi connectivity index (χ0v) is 7.53. The van der Waals surface area contributed by atoms with Crippen LogP contribution in [-0.2, 0) is 4.74 Å². The van der Waals surface area contributed by atoms with E-state index in [4.69, 9.17) is 4.74 Å². The second kappa shape index (κ2) is 4.69. The molecule has 0 aromatic carbocycles. The van der Waals surface area contributed by atoms with Gasteiger partial charge >= 0.3 is 0 Å². The summed E-state index contributed by atoms with van der Waals surface area (Å²) in [5.74, 6) is 0. The molecule has 2 nitrogen and oxygen atoms in total. The fraction of sp³-hybridized carbons (Fsp3) is 1.00. The molecule has 0 saturated carbocycles. The summed E-state index contributed by atoms with van der Waals surface area (Å²) in [4.78, 5) is 0. The maximum atomic E-state index is 5.05. The van der Waals surface area contributed by atoms with Crippen molar-refractivity contribution < 1.29 is 4.74 Å². The van der Waals surface area contributed by atoms with Gasteiger partial charge in [0.05, 0.1) is 13.2 Å². The molecular weight excluding hydrogens is 126 g/mol. The van der Waals surface area contributed by atoms with Gasteiger partial charge in [0.1, 0.15) is 0 Å². The van der Waals surface area contributed by atoms with Gasteiger partial charge in [0.2, 0.25) is 0 Å². The third kappa shape index (κ3) is 2.67. The van der Waals surface area contributed by atoms with E-state index in [2.05, 4.69) is 12.2 Å². The molecule has 0 aromatic heterocycles. The molecule has 1 saturated heterocycles. The first-order valence-electron chi connectivity index (χ1n) is 3.99. The van der Waals surface area contributed by atoms with Crippen molar-refractivity contribution >= 4 is 0 Å². The first kappa shape index (κ1) is 9.92. The van der Waals surface area contributed by atoms with E-state index < -0.39 is 0 Å². The summed E-state index contributed by atoms with van der Waals surface area (Å²) in [7, 11) is 1.98.